The average molecular weight is 380 g/mol. The fourth-order valence-corrected chi connectivity index (χ4v) is 3.79. The Kier molecular flexibility index (Phi) is 3.99. The molecule has 0 bridgehead atoms. The number of nitrogens with two attached hydrogens (primary N) is 1. The van der Waals surface area contributed by atoms with Crippen molar-refractivity contribution in [1.29, 1.82) is 0 Å². The van der Waals surface area contributed by atoms with E-state index in [9.17, 15) is 8.42 Å². The van der Waals surface area contributed by atoms with E-state index in [0.29, 0.717) is 20.9 Å². The highest BCUT2D eigenvalue weighted by Crippen LogP contribution is 2.32. The molecule has 2 aromatic rings. The van der Waals surface area contributed by atoms with Gasteiger partial charge in [0, 0.05) is 7.05 Å². The van der Waals surface area contributed by atoms with Crippen LogP contribution in [-0.4, -0.2) is 18.2 Å². The third kappa shape index (κ3) is 2.63. The maximum atomic E-state index is 12.4. The molecule has 0 aliphatic carbocycles. The second kappa shape index (κ2) is 5.27. The average Bonchev–Trinajstić information content (AvgIpc) is 2.59. The summed E-state index contributed by atoms with van der Waals surface area (Å²) in [5, 5.41) is 4.30. The Labute approximate surface area is 130 Å². The molecule has 0 saturated carbocycles. The summed E-state index contributed by atoms with van der Waals surface area (Å²) in [5.41, 5.74) is 6.45. The summed E-state index contributed by atoms with van der Waals surface area (Å²) in [6, 6.07) is 4.88. The summed E-state index contributed by atoms with van der Waals surface area (Å²) in [7, 11) is -2.22. The van der Waals surface area contributed by atoms with Crippen molar-refractivity contribution in [2.45, 2.75) is 11.8 Å². The first-order valence-corrected chi connectivity index (χ1v) is 8.15. The normalized spacial score (nSPS) is 11.6. The van der Waals surface area contributed by atoms with Crippen LogP contribution in [0.2, 0.25) is 5.02 Å². The van der Waals surface area contributed by atoms with Gasteiger partial charge in [-0.25, -0.2) is 8.42 Å². The summed E-state index contributed by atoms with van der Waals surface area (Å²) in [5.74, 6) is -0.0457. The number of sulfonamides is 1. The molecule has 2 rings (SSSR count). The Hall–Kier alpha value is -1.25. The fraction of sp³-hybridized carbons (Fsp3) is 0.182. The highest BCUT2D eigenvalue weighted by Gasteiger charge is 2.25. The van der Waals surface area contributed by atoms with E-state index in [-0.39, 0.29) is 10.7 Å². The standard InChI is InChI=1S/C11H12BrClN4O2S/c1-6-10(11(14)15-17(6)2)20(18,19)16-8-5-3-4-7(13)9(8)12/h3-5,16H,1-2H3,(H2,14,15). The van der Waals surface area contributed by atoms with Crippen LogP contribution in [0, 0.1) is 6.92 Å². The molecule has 0 radical (unpaired) electrons. The molecule has 3 N–H and O–H groups in total. The van der Waals surface area contributed by atoms with Gasteiger partial charge in [-0.05, 0) is 35.0 Å². The maximum Gasteiger partial charge on any atom is 0.267 e. The monoisotopic (exact) mass is 378 g/mol. The smallest absolute Gasteiger partial charge is 0.267 e. The SMILES string of the molecule is Cc1c(S(=O)(=O)Nc2cccc(Cl)c2Br)c(N)nn1C. The fourth-order valence-electron chi connectivity index (χ4n) is 1.72. The first-order chi connectivity index (χ1) is 9.24. The van der Waals surface area contributed by atoms with E-state index in [0.717, 1.165) is 0 Å². The Bertz CT molecular complexity index is 773. The van der Waals surface area contributed by atoms with Gasteiger partial charge in [0.2, 0.25) is 0 Å². The molecular formula is C11H12BrClN4O2S. The molecule has 1 heterocycles. The minimum absolute atomic E-state index is 0.0353. The molecule has 108 valence electrons. The van der Waals surface area contributed by atoms with Crippen molar-refractivity contribution in [3.63, 3.8) is 0 Å². The number of anilines is 2. The first kappa shape index (κ1) is 15.1. The van der Waals surface area contributed by atoms with Gasteiger partial charge in [-0.2, -0.15) is 5.10 Å². The summed E-state index contributed by atoms with van der Waals surface area (Å²) >= 11 is 9.17. The van der Waals surface area contributed by atoms with E-state index in [1.807, 2.05) is 0 Å². The predicted molar refractivity (Wildman–Crippen MR) is 82.3 cm³/mol. The second-order valence-corrected chi connectivity index (χ2v) is 6.95. The third-order valence-corrected chi connectivity index (χ3v) is 5.70. The van der Waals surface area contributed by atoms with E-state index >= 15 is 0 Å². The lowest BCUT2D eigenvalue weighted by Gasteiger charge is -2.10. The molecule has 0 atom stereocenters. The van der Waals surface area contributed by atoms with Crippen molar-refractivity contribution in [1.82, 2.24) is 9.78 Å². The van der Waals surface area contributed by atoms with E-state index in [4.69, 9.17) is 17.3 Å². The van der Waals surface area contributed by atoms with Crippen molar-refractivity contribution in [2.24, 2.45) is 7.05 Å². The quantitative estimate of drug-likeness (QED) is 0.857. The molecule has 0 amide bonds. The van der Waals surface area contributed by atoms with Crippen LogP contribution in [0.3, 0.4) is 0 Å². The van der Waals surface area contributed by atoms with Crippen LogP contribution in [0.5, 0.6) is 0 Å². The number of hydrogen-bond donors (Lipinski definition) is 2. The minimum atomic E-state index is -3.84. The molecule has 0 spiro atoms. The van der Waals surface area contributed by atoms with Crippen LogP contribution in [0.1, 0.15) is 5.69 Å². The number of aromatic nitrogens is 2. The van der Waals surface area contributed by atoms with Crippen molar-refractivity contribution in [2.75, 3.05) is 10.5 Å². The molecule has 9 heteroatoms. The van der Waals surface area contributed by atoms with E-state index in [2.05, 4.69) is 25.8 Å². The van der Waals surface area contributed by atoms with Crippen molar-refractivity contribution in [3.8, 4) is 0 Å². The number of hydrogen-bond acceptors (Lipinski definition) is 4. The van der Waals surface area contributed by atoms with Gasteiger partial charge >= 0.3 is 0 Å². The van der Waals surface area contributed by atoms with Gasteiger partial charge in [-0.15, -0.1) is 0 Å². The van der Waals surface area contributed by atoms with Gasteiger partial charge in [0.1, 0.15) is 0 Å². The van der Waals surface area contributed by atoms with Crippen LogP contribution in [-0.2, 0) is 17.1 Å². The molecule has 6 nitrogen and oxygen atoms in total. The van der Waals surface area contributed by atoms with Crippen LogP contribution < -0.4 is 10.5 Å². The van der Waals surface area contributed by atoms with E-state index in [1.165, 1.54) is 4.68 Å². The van der Waals surface area contributed by atoms with E-state index in [1.54, 1.807) is 32.2 Å². The van der Waals surface area contributed by atoms with Crippen molar-refractivity contribution < 1.29 is 8.42 Å². The molecule has 0 aliphatic rings. The zero-order valence-electron chi connectivity index (χ0n) is 10.7. The topological polar surface area (TPSA) is 90.0 Å². The van der Waals surface area contributed by atoms with Crippen LogP contribution in [0.25, 0.3) is 0 Å². The zero-order chi connectivity index (χ0) is 15.1. The highest BCUT2D eigenvalue weighted by molar-refractivity contribution is 9.10. The largest absolute Gasteiger partial charge is 0.381 e. The number of nitrogen functional groups attached to an aromatic ring is 1. The Balaban J connectivity index is 2.49. The lowest BCUT2D eigenvalue weighted by molar-refractivity contribution is 0.600. The van der Waals surface area contributed by atoms with Crippen LogP contribution in [0.15, 0.2) is 27.6 Å². The predicted octanol–water partition coefficient (Wildman–Crippen LogP) is 2.53. The lowest BCUT2D eigenvalue weighted by Crippen LogP contribution is -2.15. The number of benzene rings is 1. The number of nitrogens with one attached hydrogen (secondary N) is 1. The maximum absolute atomic E-state index is 12.4. The highest BCUT2D eigenvalue weighted by atomic mass is 79.9. The minimum Gasteiger partial charge on any atom is -0.381 e. The molecule has 0 unspecified atom stereocenters. The van der Waals surface area contributed by atoms with Crippen molar-refractivity contribution in [3.05, 3.63) is 33.4 Å². The molecule has 0 fully saturated rings. The van der Waals surface area contributed by atoms with Gasteiger partial charge in [0.25, 0.3) is 10.0 Å². The van der Waals surface area contributed by atoms with Crippen molar-refractivity contribution >= 4 is 49.1 Å². The molecule has 1 aromatic carbocycles. The van der Waals surface area contributed by atoms with Gasteiger partial charge in [-0.1, -0.05) is 17.7 Å². The van der Waals surface area contributed by atoms with Gasteiger partial charge < -0.3 is 5.73 Å². The second-order valence-electron chi connectivity index (χ2n) is 4.13. The summed E-state index contributed by atoms with van der Waals surface area (Å²) in [6.45, 7) is 1.63. The Morgan fingerprint density at radius 3 is 2.65 bits per heavy atom. The van der Waals surface area contributed by atoms with Gasteiger partial charge in [-0.3, -0.25) is 9.40 Å². The molecule has 1 aromatic heterocycles. The summed E-state index contributed by atoms with van der Waals surface area (Å²) in [4.78, 5) is -0.0353. The van der Waals surface area contributed by atoms with Crippen LogP contribution in [0.4, 0.5) is 11.5 Å². The van der Waals surface area contributed by atoms with E-state index < -0.39 is 10.0 Å². The molecular weight excluding hydrogens is 368 g/mol. The number of halogens is 2. The number of nitrogens with zero attached hydrogens (tertiary/aromatic N) is 2. The summed E-state index contributed by atoms with van der Waals surface area (Å²) in [6.07, 6.45) is 0. The zero-order valence-corrected chi connectivity index (χ0v) is 13.8. The molecule has 20 heavy (non-hydrogen) atoms. The first-order valence-electron chi connectivity index (χ1n) is 5.50. The lowest BCUT2D eigenvalue weighted by atomic mass is 10.3. The molecule has 0 aliphatic heterocycles. The van der Waals surface area contributed by atoms with Gasteiger partial charge in [0.15, 0.2) is 10.7 Å². The number of rotatable bonds is 3. The molecule has 0 saturated heterocycles. The van der Waals surface area contributed by atoms with Crippen LogP contribution >= 0.6 is 27.5 Å². The summed E-state index contributed by atoms with van der Waals surface area (Å²) < 4.78 is 29.1. The third-order valence-electron chi connectivity index (χ3n) is 2.77. The van der Waals surface area contributed by atoms with Gasteiger partial charge in [0.05, 0.1) is 20.9 Å². The Morgan fingerprint density at radius 1 is 1.45 bits per heavy atom. The number of aryl methyl sites for hydroxylation is 1. The Morgan fingerprint density at radius 2 is 2.10 bits per heavy atom.